The lowest BCUT2D eigenvalue weighted by atomic mass is 9.75. The molecule has 4 atom stereocenters. The highest BCUT2D eigenvalue weighted by Crippen LogP contribution is 2.75. The van der Waals surface area contributed by atoms with E-state index in [-0.39, 0.29) is 48.0 Å². The van der Waals surface area contributed by atoms with Crippen molar-refractivity contribution in [2.45, 2.75) is 62.2 Å². The fraction of sp³-hybridized carbons (Fsp3) is 0.300. The van der Waals surface area contributed by atoms with Crippen molar-refractivity contribution in [3.05, 3.63) is 176 Å². The van der Waals surface area contributed by atoms with Crippen LogP contribution in [0.2, 0.25) is 10.0 Å². The molecule has 0 N–H and O–H groups in total. The van der Waals surface area contributed by atoms with Crippen molar-refractivity contribution in [3.63, 3.8) is 0 Å². The Balaban J connectivity index is 0.000000165. The van der Waals surface area contributed by atoms with Gasteiger partial charge in [0.25, 0.3) is 0 Å². The normalized spacial score (nSPS) is 23.4. The summed E-state index contributed by atoms with van der Waals surface area (Å²) in [7, 11) is 2.53. The number of hydrogen-bond donors (Lipinski definition) is 0. The van der Waals surface area contributed by atoms with Gasteiger partial charge in [-0.05, 0) is 144 Å². The smallest absolute Gasteiger partial charge is 0.414 e. The number of benzene rings is 6. The monoisotopic (exact) mass is 1100 g/mol. The summed E-state index contributed by atoms with van der Waals surface area (Å²) in [4.78, 5) is 85.1. The average Bonchev–Trinajstić information content (AvgIpc) is 1.92. The van der Waals surface area contributed by atoms with Crippen LogP contribution in [0.3, 0.4) is 0 Å². The van der Waals surface area contributed by atoms with Gasteiger partial charge in [-0.3, -0.25) is 29.2 Å². The molecule has 2 spiro atoms. The Morgan fingerprint density at radius 3 is 1.21 bits per heavy atom. The minimum atomic E-state index is -1.01. The highest BCUT2D eigenvalue weighted by molar-refractivity contribution is 6.31. The molecule has 14 nitrogen and oxygen atoms in total. The minimum Gasteiger partial charge on any atom is -0.465 e. The maximum atomic E-state index is 14.8. The van der Waals surface area contributed by atoms with Gasteiger partial charge in [-0.25, -0.2) is 28.0 Å². The van der Waals surface area contributed by atoms with Crippen LogP contribution in [-0.2, 0) is 50.2 Å². The van der Waals surface area contributed by atoms with Crippen molar-refractivity contribution in [1.29, 1.82) is 0 Å². The third kappa shape index (κ3) is 7.68. The van der Waals surface area contributed by atoms with Gasteiger partial charge in [0, 0.05) is 20.9 Å². The number of ether oxygens (including phenoxy) is 4. The Morgan fingerprint density at radius 2 is 0.885 bits per heavy atom. The van der Waals surface area contributed by atoms with Gasteiger partial charge in [-0.2, -0.15) is 0 Å². The van der Waals surface area contributed by atoms with Gasteiger partial charge >= 0.3 is 24.1 Å². The fourth-order valence-corrected chi connectivity index (χ4v) is 13.4. The predicted molar refractivity (Wildman–Crippen MR) is 289 cm³/mol. The quantitative estimate of drug-likeness (QED) is 0.0957. The predicted octanol–water partition coefficient (Wildman–Crippen LogP) is 12.3. The summed E-state index contributed by atoms with van der Waals surface area (Å²) in [6.07, 6.45) is -0.1000. The first kappa shape index (κ1) is 52.2. The van der Waals surface area contributed by atoms with E-state index in [1.54, 1.807) is 60.7 Å². The largest absolute Gasteiger partial charge is 0.465 e. The molecule has 6 aromatic rings. The molecular weight excluding hydrogens is 1050 g/mol. The number of carbonyl (C=O) groups excluding carboxylic acids is 6. The second kappa shape index (κ2) is 19.0. The summed E-state index contributed by atoms with van der Waals surface area (Å²) in [6.45, 7) is 9.27. The molecule has 0 radical (unpaired) electrons. The molecule has 0 unspecified atom stereocenters. The first-order valence-corrected chi connectivity index (χ1v) is 26.2. The molecule has 78 heavy (non-hydrogen) atoms. The summed E-state index contributed by atoms with van der Waals surface area (Å²) >= 11 is 12.4. The number of hydrogen-bond acceptors (Lipinski definition) is 10. The Kier molecular flexibility index (Phi) is 12.7. The molecule has 4 fully saturated rings. The number of cyclic esters (lactones) is 2. The van der Waals surface area contributed by atoms with Gasteiger partial charge in [0.2, 0.25) is 11.8 Å². The zero-order chi connectivity index (χ0) is 55.4. The number of rotatable bonds is 10. The Labute approximate surface area is 458 Å². The van der Waals surface area contributed by atoms with Gasteiger partial charge in [0.05, 0.1) is 83.4 Å². The lowest BCUT2D eigenvalue weighted by molar-refractivity contribution is -0.121. The SMILES string of the molecule is COC(=O)c1cc(N2CCOC2=O)cc(N2C(=O)[C@@]3(C[C@]3(c3ccc(Cl)cc3)C(C)C)c3cc(F)ccc32)c1.COC(=O)c1cc(N2CCOC2=O)cc(N2C(=O)[C@]3(C[C@@]3(c3ccc(Cl)cc3)C(C)C)c3cc(F)ccc32)c1. The van der Waals surface area contributed by atoms with Crippen molar-refractivity contribution in [1.82, 2.24) is 0 Å². The molecule has 4 heterocycles. The first-order chi connectivity index (χ1) is 37.3. The van der Waals surface area contributed by atoms with Crippen LogP contribution in [0.4, 0.5) is 52.5 Å². The van der Waals surface area contributed by atoms with E-state index in [0.717, 1.165) is 11.1 Å². The van der Waals surface area contributed by atoms with Crippen LogP contribution in [0, 0.1) is 23.5 Å². The molecule has 0 aromatic heterocycles. The van der Waals surface area contributed by atoms with Crippen LogP contribution in [-0.4, -0.2) is 76.5 Å². The molecule has 0 bridgehead atoms. The molecule has 2 saturated carbocycles. The van der Waals surface area contributed by atoms with Crippen molar-refractivity contribution >= 4 is 93.3 Å². The number of anilines is 6. The second-order valence-corrected chi connectivity index (χ2v) is 21.9. The van der Waals surface area contributed by atoms with Gasteiger partial charge in [0.1, 0.15) is 24.8 Å². The number of esters is 2. The van der Waals surface area contributed by atoms with Crippen molar-refractivity contribution in [2.75, 3.05) is 60.1 Å². The molecule has 12 rings (SSSR count). The van der Waals surface area contributed by atoms with E-state index in [1.807, 2.05) is 24.3 Å². The number of amides is 4. The summed E-state index contributed by atoms with van der Waals surface area (Å²) < 4.78 is 49.6. The van der Waals surface area contributed by atoms with Gasteiger partial charge in [-0.15, -0.1) is 0 Å². The first-order valence-electron chi connectivity index (χ1n) is 25.4. The molecule has 4 aliphatic heterocycles. The van der Waals surface area contributed by atoms with E-state index >= 15 is 0 Å². The van der Waals surface area contributed by atoms with Gasteiger partial charge < -0.3 is 18.9 Å². The van der Waals surface area contributed by atoms with Crippen molar-refractivity contribution in [2.24, 2.45) is 11.8 Å². The van der Waals surface area contributed by atoms with Crippen LogP contribution in [0.15, 0.2) is 121 Å². The van der Waals surface area contributed by atoms with Crippen LogP contribution in [0.1, 0.15) is 83.5 Å². The molecule has 6 aromatic carbocycles. The third-order valence-corrected chi connectivity index (χ3v) is 17.3. The highest BCUT2D eigenvalue weighted by Gasteiger charge is 2.79. The Morgan fingerprint density at radius 1 is 0.526 bits per heavy atom. The topological polar surface area (TPSA) is 152 Å². The fourth-order valence-electron chi connectivity index (χ4n) is 13.1. The van der Waals surface area contributed by atoms with E-state index in [4.69, 9.17) is 42.1 Å². The Hall–Kier alpha value is -7.82. The third-order valence-electron chi connectivity index (χ3n) is 16.8. The molecular formula is C60H52Cl2F2N4O10. The number of fused-ring (bicyclic) bond motifs is 4. The molecule has 18 heteroatoms. The minimum absolute atomic E-state index is 0.0371. The maximum absolute atomic E-state index is 14.8. The standard InChI is InChI=1S/2C30H26ClFN2O5/c2*1-17(2)29(19-4-6-20(31)7-5-19)16-30(29)24-14-21(32)8-9-25(24)34(27(30)36)23-13-18(26(35)38-3)12-22(15-23)33-10-11-39-28(33)37/h2*4-9,12-15,17H,10-11,16H2,1-3H3/t2*29-,30-/m10/s1. The summed E-state index contributed by atoms with van der Waals surface area (Å²) in [5.74, 6) is -2.47. The molecule has 400 valence electrons. The molecule has 2 aliphatic carbocycles. The van der Waals surface area contributed by atoms with Gasteiger partial charge in [-0.1, -0.05) is 75.2 Å². The zero-order valence-electron chi connectivity index (χ0n) is 43.3. The van der Waals surface area contributed by atoms with Crippen LogP contribution < -0.4 is 19.6 Å². The number of methoxy groups -OCH3 is 2. The van der Waals surface area contributed by atoms with E-state index in [9.17, 15) is 37.5 Å². The number of carbonyl (C=O) groups is 6. The molecule has 2 saturated heterocycles. The lowest BCUT2D eigenvalue weighted by Crippen LogP contribution is -2.36. The Bertz CT molecular complexity index is 3310. The second-order valence-electron chi connectivity index (χ2n) is 21.0. The van der Waals surface area contributed by atoms with E-state index < -0.39 is 57.4 Å². The molecule has 4 amide bonds. The van der Waals surface area contributed by atoms with E-state index in [0.29, 0.717) is 81.2 Å². The zero-order valence-corrected chi connectivity index (χ0v) is 44.8. The summed E-state index contributed by atoms with van der Waals surface area (Å²) in [5.41, 5.74) is 2.87. The lowest BCUT2D eigenvalue weighted by Gasteiger charge is -2.27. The number of halogens is 4. The average molecular weight is 1100 g/mol. The maximum Gasteiger partial charge on any atom is 0.414 e. The van der Waals surface area contributed by atoms with E-state index in [2.05, 4.69) is 27.7 Å². The van der Waals surface area contributed by atoms with Gasteiger partial charge in [0.15, 0.2) is 0 Å². The van der Waals surface area contributed by atoms with E-state index in [1.165, 1.54) is 70.2 Å². The summed E-state index contributed by atoms with van der Waals surface area (Å²) in [6, 6.07) is 33.2. The summed E-state index contributed by atoms with van der Waals surface area (Å²) in [5, 5.41) is 1.18. The van der Waals surface area contributed by atoms with Crippen LogP contribution >= 0.6 is 23.2 Å². The van der Waals surface area contributed by atoms with Crippen molar-refractivity contribution in [3.8, 4) is 0 Å². The van der Waals surface area contributed by atoms with Crippen molar-refractivity contribution < 1.29 is 56.5 Å². The molecule has 6 aliphatic rings. The van der Waals surface area contributed by atoms with Crippen LogP contribution in [0.25, 0.3) is 0 Å². The van der Waals surface area contributed by atoms with Crippen LogP contribution in [0.5, 0.6) is 0 Å². The number of nitrogens with zero attached hydrogens (tertiary/aromatic N) is 4. The highest BCUT2D eigenvalue weighted by atomic mass is 35.5.